The number of aromatic nitrogens is 1. The SMILES string of the molecule is O=C(Nc1cccc2c1N=S=N2)c1cccnc1Br. The van der Waals surface area contributed by atoms with Gasteiger partial charge >= 0.3 is 0 Å². The van der Waals surface area contributed by atoms with E-state index in [0.29, 0.717) is 21.5 Å². The fourth-order valence-electron chi connectivity index (χ4n) is 1.65. The van der Waals surface area contributed by atoms with Gasteiger partial charge in [0.2, 0.25) is 0 Å². The molecular formula is C12H7BrN4OS. The molecule has 0 saturated carbocycles. The lowest BCUT2D eigenvalue weighted by Gasteiger charge is -2.08. The third-order valence-corrected chi connectivity index (χ3v) is 3.71. The van der Waals surface area contributed by atoms with Crippen LogP contribution in [-0.4, -0.2) is 10.9 Å². The van der Waals surface area contributed by atoms with Crippen molar-refractivity contribution in [2.75, 3.05) is 5.32 Å². The van der Waals surface area contributed by atoms with Gasteiger partial charge in [0, 0.05) is 6.20 Å². The number of benzene rings is 1. The van der Waals surface area contributed by atoms with E-state index in [9.17, 15) is 4.79 Å². The third-order valence-electron chi connectivity index (χ3n) is 2.54. The van der Waals surface area contributed by atoms with Gasteiger partial charge in [-0.1, -0.05) is 6.07 Å². The summed E-state index contributed by atoms with van der Waals surface area (Å²) >= 11 is 4.37. The van der Waals surface area contributed by atoms with Crippen molar-refractivity contribution in [1.29, 1.82) is 0 Å². The number of amides is 1. The van der Waals surface area contributed by atoms with Crippen molar-refractivity contribution in [2.45, 2.75) is 0 Å². The van der Waals surface area contributed by atoms with E-state index in [0.717, 1.165) is 17.0 Å². The molecule has 5 nitrogen and oxygen atoms in total. The highest BCUT2D eigenvalue weighted by Crippen LogP contribution is 2.38. The Labute approximate surface area is 121 Å². The van der Waals surface area contributed by atoms with Crippen LogP contribution in [0.15, 0.2) is 49.9 Å². The first kappa shape index (κ1) is 12.2. The summed E-state index contributed by atoms with van der Waals surface area (Å²) in [5, 5.41) is 2.82. The van der Waals surface area contributed by atoms with Gasteiger partial charge < -0.3 is 5.32 Å². The zero-order valence-electron chi connectivity index (χ0n) is 9.50. The maximum atomic E-state index is 12.2. The van der Waals surface area contributed by atoms with E-state index in [2.05, 4.69) is 35.0 Å². The molecule has 7 heteroatoms. The minimum Gasteiger partial charge on any atom is -0.320 e. The van der Waals surface area contributed by atoms with Gasteiger partial charge in [0.1, 0.15) is 16.0 Å². The van der Waals surface area contributed by atoms with Gasteiger partial charge in [-0.2, -0.15) is 8.73 Å². The highest BCUT2D eigenvalue weighted by atomic mass is 79.9. The van der Waals surface area contributed by atoms with Crippen molar-refractivity contribution in [1.82, 2.24) is 4.98 Å². The van der Waals surface area contributed by atoms with E-state index >= 15 is 0 Å². The number of nitrogens with one attached hydrogen (secondary N) is 1. The van der Waals surface area contributed by atoms with E-state index in [1.54, 1.807) is 24.4 Å². The van der Waals surface area contributed by atoms with Crippen LogP contribution in [0.5, 0.6) is 0 Å². The summed E-state index contributed by atoms with van der Waals surface area (Å²) in [5.41, 5.74) is 2.59. The number of halogens is 1. The number of carbonyl (C=O) groups excluding carboxylic acids is 1. The summed E-state index contributed by atoms with van der Waals surface area (Å²) in [6.07, 6.45) is 1.62. The lowest BCUT2D eigenvalue weighted by atomic mass is 10.2. The van der Waals surface area contributed by atoms with Crippen molar-refractivity contribution < 1.29 is 4.79 Å². The Bertz CT molecular complexity index is 740. The molecule has 1 aliphatic heterocycles. The normalized spacial score (nSPS) is 11.8. The average Bonchev–Trinajstić information content (AvgIpc) is 2.88. The van der Waals surface area contributed by atoms with E-state index < -0.39 is 0 Å². The summed E-state index contributed by atoms with van der Waals surface area (Å²) in [6, 6.07) is 8.90. The summed E-state index contributed by atoms with van der Waals surface area (Å²) in [7, 11) is 0. The number of hydrogen-bond donors (Lipinski definition) is 1. The van der Waals surface area contributed by atoms with Crippen LogP contribution in [-0.2, 0) is 11.4 Å². The molecular weight excluding hydrogens is 328 g/mol. The van der Waals surface area contributed by atoms with Gasteiger partial charge in [-0.25, -0.2) is 4.98 Å². The molecule has 0 radical (unpaired) electrons. The highest BCUT2D eigenvalue weighted by Gasteiger charge is 2.15. The number of nitrogens with zero attached hydrogens (tertiary/aromatic N) is 3. The molecule has 1 N–H and O–H groups in total. The first-order chi connectivity index (χ1) is 9.25. The quantitative estimate of drug-likeness (QED) is 0.724. The smallest absolute Gasteiger partial charge is 0.258 e. The molecule has 0 saturated heterocycles. The number of pyridine rings is 1. The summed E-state index contributed by atoms with van der Waals surface area (Å²) in [4.78, 5) is 16.2. The Balaban J connectivity index is 1.91. The van der Waals surface area contributed by atoms with E-state index in [1.165, 1.54) is 0 Å². The molecule has 0 unspecified atom stereocenters. The number of anilines is 1. The Morgan fingerprint density at radius 3 is 2.95 bits per heavy atom. The zero-order valence-corrected chi connectivity index (χ0v) is 11.9. The number of fused-ring (bicyclic) bond motifs is 1. The van der Waals surface area contributed by atoms with E-state index in [4.69, 9.17) is 0 Å². The largest absolute Gasteiger partial charge is 0.320 e. The molecule has 0 bridgehead atoms. The molecule has 1 aliphatic rings. The van der Waals surface area contributed by atoms with Crippen molar-refractivity contribution in [3.05, 3.63) is 46.7 Å². The Kier molecular flexibility index (Phi) is 3.22. The Morgan fingerprint density at radius 1 is 1.21 bits per heavy atom. The molecule has 94 valence electrons. The molecule has 1 aromatic heterocycles. The van der Waals surface area contributed by atoms with Crippen LogP contribution in [0, 0.1) is 0 Å². The second-order valence-corrected chi connectivity index (χ2v) is 5.01. The molecule has 1 aromatic carbocycles. The van der Waals surface area contributed by atoms with E-state index in [-0.39, 0.29) is 5.91 Å². The van der Waals surface area contributed by atoms with Gasteiger partial charge in [-0.15, -0.1) is 0 Å². The van der Waals surface area contributed by atoms with E-state index in [1.807, 2.05) is 12.1 Å². The maximum Gasteiger partial charge on any atom is 0.258 e. The standard InChI is InChI=1S/C12H7BrN4OS/c13-11-7(3-2-6-14-11)12(18)15-8-4-1-5-9-10(8)17-19-16-9/h1-6H,(H,15,18). The molecule has 2 heterocycles. The van der Waals surface area contributed by atoms with Crippen LogP contribution >= 0.6 is 15.9 Å². The van der Waals surface area contributed by atoms with Gasteiger partial charge in [-0.05, 0) is 40.2 Å². The fourth-order valence-corrected chi connectivity index (χ4v) is 2.63. The summed E-state index contributed by atoms with van der Waals surface area (Å²) in [6.45, 7) is 0. The highest BCUT2D eigenvalue weighted by molar-refractivity contribution is 9.10. The van der Waals surface area contributed by atoms with Crippen LogP contribution < -0.4 is 5.32 Å². The van der Waals surface area contributed by atoms with Gasteiger partial charge in [0.15, 0.2) is 0 Å². The topological polar surface area (TPSA) is 66.7 Å². The molecule has 0 spiro atoms. The minimum atomic E-state index is -0.236. The van der Waals surface area contributed by atoms with Crippen molar-refractivity contribution >= 4 is 50.3 Å². The van der Waals surface area contributed by atoms with Crippen LogP contribution in [0.1, 0.15) is 10.4 Å². The fraction of sp³-hybridized carbons (Fsp3) is 0. The molecule has 0 atom stereocenters. The Hall–Kier alpha value is -1.86. The third kappa shape index (κ3) is 2.34. The number of carbonyl (C=O) groups is 1. The molecule has 2 aromatic rings. The summed E-state index contributed by atoms with van der Waals surface area (Å²) in [5.74, 6) is -0.236. The predicted octanol–water partition coefficient (Wildman–Crippen LogP) is 3.82. The summed E-state index contributed by atoms with van der Waals surface area (Å²) < 4.78 is 8.82. The molecule has 19 heavy (non-hydrogen) atoms. The van der Waals surface area contributed by atoms with Crippen molar-refractivity contribution in [2.24, 2.45) is 8.73 Å². The minimum absolute atomic E-state index is 0.236. The zero-order chi connectivity index (χ0) is 13.2. The van der Waals surface area contributed by atoms with Crippen LogP contribution in [0.4, 0.5) is 17.1 Å². The second-order valence-electron chi connectivity index (χ2n) is 3.73. The molecule has 1 amide bonds. The molecule has 0 aliphatic carbocycles. The van der Waals surface area contributed by atoms with Gasteiger partial charge in [-0.3, -0.25) is 4.79 Å². The average molecular weight is 335 g/mol. The lowest BCUT2D eigenvalue weighted by Crippen LogP contribution is -2.13. The second kappa shape index (κ2) is 5.02. The molecule has 3 rings (SSSR count). The monoisotopic (exact) mass is 334 g/mol. The maximum absolute atomic E-state index is 12.2. The van der Waals surface area contributed by atoms with Crippen molar-refractivity contribution in [3.8, 4) is 0 Å². The first-order valence-electron chi connectivity index (χ1n) is 5.39. The van der Waals surface area contributed by atoms with Gasteiger partial charge in [0.05, 0.1) is 22.6 Å². The Morgan fingerprint density at radius 2 is 2.11 bits per heavy atom. The van der Waals surface area contributed by atoms with Gasteiger partial charge in [0.25, 0.3) is 5.91 Å². The van der Waals surface area contributed by atoms with Crippen LogP contribution in [0.25, 0.3) is 0 Å². The number of hydrogen-bond acceptors (Lipinski definition) is 4. The van der Waals surface area contributed by atoms with Crippen LogP contribution in [0.2, 0.25) is 0 Å². The predicted molar refractivity (Wildman–Crippen MR) is 77.9 cm³/mol. The lowest BCUT2D eigenvalue weighted by molar-refractivity contribution is 0.102. The van der Waals surface area contributed by atoms with Crippen molar-refractivity contribution in [3.63, 3.8) is 0 Å². The van der Waals surface area contributed by atoms with Crippen LogP contribution in [0.3, 0.4) is 0 Å². The first-order valence-corrected chi connectivity index (χ1v) is 6.91. The number of rotatable bonds is 2. The molecule has 0 fully saturated rings.